The Kier molecular flexibility index (Phi) is 5.05. The van der Waals surface area contributed by atoms with Gasteiger partial charge in [0.15, 0.2) is 0 Å². The van der Waals surface area contributed by atoms with Gasteiger partial charge in [-0.3, -0.25) is 0 Å². The molecule has 0 bridgehead atoms. The molecule has 0 unspecified atom stereocenters. The topological polar surface area (TPSA) is 69.6 Å². The van der Waals surface area contributed by atoms with Gasteiger partial charge in [-0.15, -0.1) is 11.3 Å². The van der Waals surface area contributed by atoms with Gasteiger partial charge in [0, 0.05) is 23.5 Å². The van der Waals surface area contributed by atoms with Crippen LogP contribution in [0.15, 0.2) is 30.3 Å². The Morgan fingerprint density at radius 2 is 1.95 bits per heavy atom. The van der Waals surface area contributed by atoms with Gasteiger partial charge in [0.2, 0.25) is 0 Å². The number of aromatic carboxylic acids is 1. The predicted octanol–water partition coefficient (Wildman–Crippen LogP) is 4.25. The number of urea groups is 1. The zero-order valence-corrected chi connectivity index (χ0v) is 13.7. The summed E-state index contributed by atoms with van der Waals surface area (Å²) in [4.78, 5) is 25.6. The molecule has 0 aliphatic carbocycles. The number of thiophene rings is 1. The molecule has 1 heterocycles. The first-order valence-corrected chi connectivity index (χ1v) is 7.77. The molecule has 7 heteroatoms. The highest BCUT2D eigenvalue weighted by Gasteiger charge is 2.19. The van der Waals surface area contributed by atoms with Crippen molar-refractivity contribution in [1.82, 2.24) is 4.90 Å². The zero-order valence-electron chi connectivity index (χ0n) is 12.1. The maximum absolute atomic E-state index is 11.9. The second-order valence-corrected chi connectivity index (χ2v) is 6.10. The van der Waals surface area contributed by atoms with Crippen molar-refractivity contribution in [3.05, 3.63) is 40.2 Å². The van der Waals surface area contributed by atoms with E-state index in [0.717, 1.165) is 21.8 Å². The van der Waals surface area contributed by atoms with E-state index in [0.29, 0.717) is 17.3 Å². The molecule has 2 aromatic rings. The van der Waals surface area contributed by atoms with Crippen molar-refractivity contribution in [3.63, 3.8) is 0 Å². The SMILES string of the molecule is CCN(C)C(=O)Nc1cc(-c2ccc(Cl)cc2)sc1C(=O)O. The maximum atomic E-state index is 11.9. The van der Waals surface area contributed by atoms with Crippen LogP contribution < -0.4 is 5.32 Å². The van der Waals surface area contributed by atoms with Crippen LogP contribution in [0, 0.1) is 0 Å². The van der Waals surface area contributed by atoms with Gasteiger partial charge in [-0.1, -0.05) is 23.7 Å². The zero-order chi connectivity index (χ0) is 16.3. The number of hydrogen-bond acceptors (Lipinski definition) is 3. The van der Waals surface area contributed by atoms with Crippen molar-refractivity contribution in [3.8, 4) is 10.4 Å². The van der Waals surface area contributed by atoms with E-state index < -0.39 is 5.97 Å². The summed E-state index contributed by atoms with van der Waals surface area (Å²) in [5.41, 5.74) is 1.15. The largest absolute Gasteiger partial charge is 0.477 e. The Morgan fingerprint density at radius 3 is 2.50 bits per heavy atom. The highest BCUT2D eigenvalue weighted by molar-refractivity contribution is 7.18. The van der Waals surface area contributed by atoms with Gasteiger partial charge in [0.05, 0.1) is 5.69 Å². The number of halogens is 1. The molecule has 22 heavy (non-hydrogen) atoms. The molecule has 0 saturated carbocycles. The summed E-state index contributed by atoms with van der Waals surface area (Å²) in [5, 5.41) is 12.5. The standard InChI is InChI=1S/C15H15ClN2O3S/c1-3-18(2)15(21)17-11-8-12(22-13(11)14(19)20)9-4-6-10(16)7-5-9/h4-8H,3H2,1-2H3,(H,17,21)(H,19,20). The van der Waals surface area contributed by atoms with E-state index in [2.05, 4.69) is 5.32 Å². The number of carboxylic acids is 1. The lowest BCUT2D eigenvalue weighted by molar-refractivity contribution is 0.0703. The number of nitrogens with one attached hydrogen (secondary N) is 1. The summed E-state index contributed by atoms with van der Waals surface area (Å²) in [6.07, 6.45) is 0. The molecule has 0 aliphatic heterocycles. The van der Waals surface area contributed by atoms with Crippen LogP contribution in [0.25, 0.3) is 10.4 Å². The van der Waals surface area contributed by atoms with E-state index in [1.165, 1.54) is 4.90 Å². The van der Waals surface area contributed by atoms with Crippen molar-refractivity contribution in [2.75, 3.05) is 18.9 Å². The Hall–Kier alpha value is -2.05. The Balaban J connectivity index is 2.35. The first-order chi connectivity index (χ1) is 10.4. The lowest BCUT2D eigenvalue weighted by atomic mass is 10.2. The first-order valence-electron chi connectivity index (χ1n) is 6.57. The average molecular weight is 339 g/mol. The molecule has 2 rings (SSSR count). The van der Waals surface area contributed by atoms with E-state index in [9.17, 15) is 14.7 Å². The fraction of sp³-hybridized carbons (Fsp3) is 0.200. The molecule has 1 aromatic carbocycles. The lowest BCUT2D eigenvalue weighted by Gasteiger charge is -2.15. The molecule has 0 atom stereocenters. The van der Waals surface area contributed by atoms with Gasteiger partial charge in [0.25, 0.3) is 0 Å². The quantitative estimate of drug-likeness (QED) is 0.875. The fourth-order valence-corrected chi connectivity index (χ4v) is 2.84. The number of anilines is 1. The molecule has 116 valence electrons. The first kappa shape index (κ1) is 16.3. The Morgan fingerprint density at radius 1 is 1.32 bits per heavy atom. The molecule has 0 spiro atoms. The minimum Gasteiger partial charge on any atom is -0.477 e. The third-order valence-corrected chi connectivity index (χ3v) is 4.54. The minimum atomic E-state index is -1.07. The summed E-state index contributed by atoms with van der Waals surface area (Å²) in [5.74, 6) is -1.07. The number of nitrogens with zero attached hydrogens (tertiary/aromatic N) is 1. The van der Waals surface area contributed by atoms with Crippen LogP contribution in [-0.4, -0.2) is 35.6 Å². The summed E-state index contributed by atoms with van der Waals surface area (Å²) < 4.78 is 0. The van der Waals surface area contributed by atoms with Crippen molar-refractivity contribution in [2.45, 2.75) is 6.92 Å². The van der Waals surface area contributed by atoms with E-state index in [1.807, 2.05) is 19.1 Å². The lowest BCUT2D eigenvalue weighted by Crippen LogP contribution is -2.31. The molecular formula is C15H15ClN2O3S. The fourth-order valence-electron chi connectivity index (χ4n) is 1.75. The highest BCUT2D eigenvalue weighted by Crippen LogP contribution is 2.35. The molecule has 1 aromatic heterocycles. The normalized spacial score (nSPS) is 10.3. The number of carbonyl (C=O) groups is 2. The molecule has 0 fully saturated rings. The number of benzene rings is 1. The van der Waals surface area contributed by atoms with Crippen molar-refractivity contribution < 1.29 is 14.7 Å². The van der Waals surface area contributed by atoms with E-state index in [1.54, 1.807) is 25.2 Å². The summed E-state index contributed by atoms with van der Waals surface area (Å²) in [7, 11) is 1.64. The molecule has 2 amide bonds. The van der Waals surface area contributed by atoms with E-state index in [-0.39, 0.29) is 10.9 Å². The van der Waals surface area contributed by atoms with Crippen LogP contribution in [0.2, 0.25) is 5.02 Å². The average Bonchev–Trinajstić information content (AvgIpc) is 2.91. The minimum absolute atomic E-state index is 0.0998. The molecule has 2 N–H and O–H groups in total. The summed E-state index contributed by atoms with van der Waals surface area (Å²) in [6, 6.07) is 8.41. The van der Waals surface area contributed by atoms with Gasteiger partial charge < -0.3 is 15.3 Å². The number of hydrogen-bond donors (Lipinski definition) is 2. The number of carbonyl (C=O) groups excluding carboxylic acids is 1. The second-order valence-electron chi connectivity index (χ2n) is 4.61. The van der Waals surface area contributed by atoms with Gasteiger partial charge in [0.1, 0.15) is 4.88 Å². The monoisotopic (exact) mass is 338 g/mol. The summed E-state index contributed by atoms with van der Waals surface area (Å²) >= 11 is 6.96. The van der Waals surface area contributed by atoms with E-state index in [4.69, 9.17) is 11.6 Å². The third-order valence-electron chi connectivity index (χ3n) is 3.12. The third kappa shape index (κ3) is 3.58. The van der Waals surface area contributed by atoms with Crippen LogP contribution in [0.4, 0.5) is 10.5 Å². The Labute approximate surface area is 137 Å². The number of amides is 2. The number of rotatable bonds is 4. The number of carboxylic acid groups (broad SMARTS) is 1. The van der Waals surface area contributed by atoms with Gasteiger partial charge >= 0.3 is 12.0 Å². The van der Waals surface area contributed by atoms with Crippen LogP contribution in [0.1, 0.15) is 16.6 Å². The van der Waals surface area contributed by atoms with Crippen LogP contribution in [0.5, 0.6) is 0 Å². The second kappa shape index (κ2) is 6.81. The molecule has 0 aliphatic rings. The van der Waals surface area contributed by atoms with Crippen LogP contribution in [0.3, 0.4) is 0 Å². The van der Waals surface area contributed by atoms with Gasteiger partial charge in [-0.2, -0.15) is 0 Å². The van der Waals surface area contributed by atoms with Crippen LogP contribution in [-0.2, 0) is 0 Å². The smallest absolute Gasteiger partial charge is 0.348 e. The van der Waals surface area contributed by atoms with E-state index >= 15 is 0 Å². The summed E-state index contributed by atoms with van der Waals surface area (Å²) in [6.45, 7) is 2.37. The van der Waals surface area contributed by atoms with Gasteiger partial charge in [-0.05, 0) is 30.7 Å². The van der Waals surface area contributed by atoms with Crippen LogP contribution >= 0.6 is 22.9 Å². The van der Waals surface area contributed by atoms with Gasteiger partial charge in [-0.25, -0.2) is 9.59 Å². The molecule has 0 saturated heterocycles. The van der Waals surface area contributed by atoms with Crippen molar-refractivity contribution >= 4 is 40.6 Å². The molecular weight excluding hydrogens is 324 g/mol. The predicted molar refractivity (Wildman–Crippen MR) is 89.0 cm³/mol. The maximum Gasteiger partial charge on any atom is 0.348 e. The molecule has 5 nitrogen and oxygen atoms in total. The highest BCUT2D eigenvalue weighted by atomic mass is 35.5. The molecule has 0 radical (unpaired) electrons. The Bertz CT molecular complexity index is 697. The van der Waals surface area contributed by atoms with Crippen molar-refractivity contribution in [2.24, 2.45) is 0 Å². The van der Waals surface area contributed by atoms with Crippen molar-refractivity contribution in [1.29, 1.82) is 0 Å².